The Bertz CT molecular complexity index is 544. The number of aliphatic hydroxyl groups is 1. The van der Waals surface area contributed by atoms with Crippen LogP contribution >= 0.6 is 15.9 Å². The first-order chi connectivity index (χ1) is 9.10. The van der Waals surface area contributed by atoms with Crippen molar-refractivity contribution in [1.82, 2.24) is 15.0 Å². The molecule has 0 radical (unpaired) electrons. The topological polar surface area (TPSA) is 62.4 Å². The van der Waals surface area contributed by atoms with Crippen molar-refractivity contribution < 1.29 is 9.63 Å². The standard InChI is InChI=1S/C13H16BrN3O2/c1-9-15-13(16-19-9)7-17(2)12(8-18)10-4-3-5-11(14)6-10/h3-6,12,18H,7-8H2,1-2H3. The lowest BCUT2D eigenvalue weighted by Crippen LogP contribution is -2.27. The molecule has 19 heavy (non-hydrogen) atoms. The van der Waals surface area contributed by atoms with Crippen molar-refractivity contribution in [2.24, 2.45) is 0 Å². The first kappa shape index (κ1) is 14.2. The number of rotatable bonds is 5. The molecule has 0 spiro atoms. The summed E-state index contributed by atoms with van der Waals surface area (Å²) in [5.41, 5.74) is 1.04. The van der Waals surface area contributed by atoms with Gasteiger partial charge in [0.15, 0.2) is 5.82 Å². The van der Waals surface area contributed by atoms with Crippen LogP contribution in [0.25, 0.3) is 0 Å². The van der Waals surface area contributed by atoms with E-state index in [2.05, 4.69) is 26.1 Å². The minimum absolute atomic E-state index is 0.0315. The van der Waals surface area contributed by atoms with Gasteiger partial charge in [-0.3, -0.25) is 4.90 Å². The van der Waals surface area contributed by atoms with Gasteiger partial charge in [-0.05, 0) is 24.7 Å². The van der Waals surface area contributed by atoms with Crippen LogP contribution < -0.4 is 0 Å². The zero-order chi connectivity index (χ0) is 13.8. The van der Waals surface area contributed by atoms with Gasteiger partial charge >= 0.3 is 0 Å². The Hall–Kier alpha value is -1.24. The molecule has 6 heteroatoms. The highest BCUT2D eigenvalue weighted by molar-refractivity contribution is 9.10. The molecule has 0 amide bonds. The first-order valence-electron chi connectivity index (χ1n) is 5.96. The summed E-state index contributed by atoms with van der Waals surface area (Å²) in [6, 6.07) is 7.80. The summed E-state index contributed by atoms with van der Waals surface area (Å²) in [6.45, 7) is 2.31. The van der Waals surface area contributed by atoms with Crippen LogP contribution in [-0.2, 0) is 6.54 Å². The molecule has 2 rings (SSSR count). The largest absolute Gasteiger partial charge is 0.394 e. The van der Waals surface area contributed by atoms with E-state index >= 15 is 0 Å². The molecular formula is C13H16BrN3O2. The minimum atomic E-state index is -0.101. The van der Waals surface area contributed by atoms with E-state index in [0.29, 0.717) is 18.3 Å². The Morgan fingerprint density at radius 3 is 2.84 bits per heavy atom. The number of halogens is 1. The summed E-state index contributed by atoms with van der Waals surface area (Å²) in [7, 11) is 1.92. The van der Waals surface area contributed by atoms with Gasteiger partial charge in [0.1, 0.15) is 0 Å². The summed E-state index contributed by atoms with van der Waals surface area (Å²) in [5.74, 6) is 1.17. The monoisotopic (exact) mass is 325 g/mol. The fourth-order valence-electron chi connectivity index (χ4n) is 1.95. The number of aromatic nitrogens is 2. The van der Waals surface area contributed by atoms with E-state index in [0.717, 1.165) is 10.0 Å². The maximum atomic E-state index is 9.60. The van der Waals surface area contributed by atoms with Crippen LogP contribution in [0.4, 0.5) is 0 Å². The summed E-state index contributed by atoms with van der Waals surface area (Å²) in [4.78, 5) is 6.16. The molecule has 0 saturated heterocycles. The summed E-state index contributed by atoms with van der Waals surface area (Å²) >= 11 is 3.44. The summed E-state index contributed by atoms with van der Waals surface area (Å²) in [5, 5.41) is 13.5. The molecule has 0 bridgehead atoms. The fraction of sp³-hybridized carbons (Fsp3) is 0.385. The van der Waals surface area contributed by atoms with Crippen LogP contribution in [0.1, 0.15) is 23.3 Å². The minimum Gasteiger partial charge on any atom is -0.394 e. The van der Waals surface area contributed by atoms with Crippen molar-refractivity contribution in [2.45, 2.75) is 19.5 Å². The average Bonchev–Trinajstić information content (AvgIpc) is 2.75. The Balaban J connectivity index is 2.12. The van der Waals surface area contributed by atoms with Crippen molar-refractivity contribution in [3.8, 4) is 0 Å². The maximum Gasteiger partial charge on any atom is 0.223 e. The number of hydrogen-bond acceptors (Lipinski definition) is 5. The molecule has 1 atom stereocenters. The zero-order valence-electron chi connectivity index (χ0n) is 10.9. The second kappa shape index (κ2) is 6.27. The molecule has 1 aromatic heterocycles. The van der Waals surface area contributed by atoms with Gasteiger partial charge in [-0.2, -0.15) is 4.98 Å². The highest BCUT2D eigenvalue weighted by Crippen LogP contribution is 2.23. The Labute approximate surface area is 120 Å². The molecule has 1 heterocycles. The molecule has 1 aromatic carbocycles. The van der Waals surface area contributed by atoms with Crippen LogP contribution in [0.2, 0.25) is 0 Å². The van der Waals surface area contributed by atoms with Crippen molar-refractivity contribution >= 4 is 15.9 Å². The molecule has 0 fully saturated rings. The van der Waals surface area contributed by atoms with Gasteiger partial charge in [0.05, 0.1) is 19.2 Å². The van der Waals surface area contributed by atoms with Crippen molar-refractivity contribution in [1.29, 1.82) is 0 Å². The van der Waals surface area contributed by atoms with Gasteiger partial charge in [0.2, 0.25) is 5.89 Å². The number of benzene rings is 1. The maximum absolute atomic E-state index is 9.60. The van der Waals surface area contributed by atoms with E-state index in [1.807, 2.05) is 36.2 Å². The van der Waals surface area contributed by atoms with Gasteiger partial charge in [0.25, 0.3) is 0 Å². The van der Waals surface area contributed by atoms with Crippen molar-refractivity contribution in [2.75, 3.05) is 13.7 Å². The summed E-state index contributed by atoms with van der Waals surface area (Å²) in [6.07, 6.45) is 0. The second-order valence-electron chi connectivity index (χ2n) is 4.40. The third kappa shape index (κ3) is 3.62. The number of aryl methyl sites for hydroxylation is 1. The zero-order valence-corrected chi connectivity index (χ0v) is 12.5. The molecule has 2 aromatic rings. The molecule has 0 aliphatic heterocycles. The average molecular weight is 326 g/mol. The van der Waals surface area contributed by atoms with Gasteiger partial charge in [-0.25, -0.2) is 0 Å². The lowest BCUT2D eigenvalue weighted by Gasteiger charge is -2.25. The van der Waals surface area contributed by atoms with Crippen LogP contribution in [0.5, 0.6) is 0 Å². The summed E-state index contributed by atoms with van der Waals surface area (Å²) < 4.78 is 5.94. The molecule has 102 valence electrons. The van der Waals surface area contributed by atoms with Gasteiger partial charge in [0, 0.05) is 11.4 Å². The fourth-order valence-corrected chi connectivity index (χ4v) is 2.37. The van der Waals surface area contributed by atoms with E-state index in [4.69, 9.17) is 4.52 Å². The molecule has 1 N–H and O–H groups in total. The lowest BCUT2D eigenvalue weighted by atomic mass is 10.1. The number of likely N-dealkylation sites (N-methyl/N-ethyl adjacent to an activating group) is 1. The van der Waals surface area contributed by atoms with Crippen LogP contribution in [0, 0.1) is 6.92 Å². The lowest BCUT2D eigenvalue weighted by molar-refractivity contribution is 0.139. The van der Waals surface area contributed by atoms with E-state index in [-0.39, 0.29) is 12.6 Å². The quantitative estimate of drug-likeness (QED) is 0.913. The SMILES string of the molecule is Cc1nc(CN(C)C(CO)c2cccc(Br)c2)no1. The Morgan fingerprint density at radius 1 is 1.47 bits per heavy atom. The molecular weight excluding hydrogens is 310 g/mol. The van der Waals surface area contributed by atoms with Gasteiger partial charge in [-0.15, -0.1) is 0 Å². The Kier molecular flexibility index (Phi) is 4.68. The van der Waals surface area contributed by atoms with Crippen LogP contribution in [-0.4, -0.2) is 33.8 Å². The number of nitrogens with zero attached hydrogens (tertiary/aromatic N) is 3. The van der Waals surface area contributed by atoms with Crippen molar-refractivity contribution in [3.63, 3.8) is 0 Å². The van der Waals surface area contributed by atoms with Crippen LogP contribution in [0.3, 0.4) is 0 Å². The third-order valence-electron chi connectivity index (χ3n) is 2.90. The predicted molar refractivity (Wildman–Crippen MR) is 74.5 cm³/mol. The van der Waals surface area contributed by atoms with Gasteiger partial charge < -0.3 is 9.63 Å². The highest BCUT2D eigenvalue weighted by atomic mass is 79.9. The second-order valence-corrected chi connectivity index (χ2v) is 5.31. The van der Waals surface area contributed by atoms with Crippen molar-refractivity contribution in [3.05, 3.63) is 46.0 Å². The van der Waals surface area contributed by atoms with E-state index in [1.165, 1.54) is 0 Å². The molecule has 0 aliphatic rings. The predicted octanol–water partition coefficient (Wildman–Crippen LogP) is 2.31. The molecule has 0 aliphatic carbocycles. The van der Waals surface area contributed by atoms with Gasteiger partial charge in [-0.1, -0.05) is 33.2 Å². The smallest absolute Gasteiger partial charge is 0.223 e. The van der Waals surface area contributed by atoms with E-state index in [9.17, 15) is 5.11 Å². The van der Waals surface area contributed by atoms with E-state index in [1.54, 1.807) is 6.92 Å². The molecule has 5 nitrogen and oxygen atoms in total. The number of hydrogen-bond donors (Lipinski definition) is 1. The normalized spacial score (nSPS) is 12.9. The van der Waals surface area contributed by atoms with Crippen LogP contribution in [0.15, 0.2) is 33.3 Å². The highest BCUT2D eigenvalue weighted by Gasteiger charge is 2.18. The van der Waals surface area contributed by atoms with E-state index < -0.39 is 0 Å². The Morgan fingerprint density at radius 2 is 2.26 bits per heavy atom. The third-order valence-corrected chi connectivity index (χ3v) is 3.39. The molecule has 1 unspecified atom stereocenters. The molecule has 0 saturated carbocycles. The number of aliphatic hydroxyl groups excluding tert-OH is 1. The first-order valence-corrected chi connectivity index (χ1v) is 6.75.